The largest absolute Gasteiger partial charge is 0.416 e. The average molecular weight is 526 g/mol. The monoisotopic (exact) mass is 525 g/mol. The number of nitrogens with zero attached hydrogens (tertiary/aromatic N) is 3. The van der Waals surface area contributed by atoms with Gasteiger partial charge < -0.3 is 19.4 Å². The summed E-state index contributed by atoms with van der Waals surface area (Å²) in [5.74, 6) is -0.249. The first kappa shape index (κ1) is 26.3. The predicted octanol–water partition coefficient (Wildman–Crippen LogP) is 3.69. The number of halogens is 3. The molecule has 2 heterocycles. The fourth-order valence-corrected chi connectivity index (χ4v) is 5.89. The van der Waals surface area contributed by atoms with Crippen LogP contribution in [0.1, 0.15) is 29.3 Å². The molecule has 2 aliphatic rings. The van der Waals surface area contributed by atoms with Gasteiger partial charge in [-0.15, -0.1) is 0 Å². The fourth-order valence-electron chi connectivity index (χ4n) is 4.55. The molecule has 2 aromatic carbocycles. The molecule has 11 heteroatoms. The van der Waals surface area contributed by atoms with E-state index in [1.807, 2.05) is 9.80 Å². The number of amides is 1. The van der Waals surface area contributed by atoms with Crippen molar-refractivity contribution in [2.75, 3.05) is 68.0 Å². The minimum Gasteiger partial charge on any atom is -0.378 e. The van der Waals surface area contributed by atoms with Gasteiger partial charge in [0.25, 0.3) is 5.91 Å². The molecule has 4 rings (SSSR count). The number of piperazine rings is 1. The lowest BCUT2D eigenvalue weighted by molar-refractivity contribution is -0.137. The zero-order chi connectivity index (χ0) is 25.9. The van der Waals surface area contributed by atoms with Crippen LogP contribution in [0.4, 0.5) is 24.5 Å². The summed E-state index contributed by atoms with van der Waals surface area (Å²) in [5, 5.41) is 0. The summed E-state index contributed by atoms with van der Waals surface area (Å²) in [5.41, 5.74) is 0.992. The van der Waals surface area contributed by atoms with Gasteiger partial charge in [0.2, 0.25) is 0 Å². The van der Waals surface area contributed by atoms with Crippen LogP contribution in [-0.4, -0.2) is 77.5 Å². The topological polar surface area (TPSA) is 70.2 Å². The Bertz CT molecular complexity index is 1170. The number of carbonyl (C=O) groups excluding carboxylic acids is 1. The van der Waals surface area contributed by atoms with Crippen molar-refractivity contribution in [2.45, 2.75) is 24.4 Å². The zero-order valence-corrected chi connectivity index (χ0v) is 20.9. The van der Waals surface area contributed by atoms with Crippen molar-refractivity contribution in [3.8, 4) is 0 Å². The maximum Gasteiger partial charge on any atom is 0.416 e. The first-order valence-corrected chi connectivity index (χ1v) is 13.7. The van der Waals surface area contributed by atoms with E-state index < -0.39 is 21.6 Å². The second-order valence-corrected chi connectivity index (χ2v) is 11.0. The number of carbonyl (C=O) groups is 1. The van der Waals surface area contributed by atoms with E-state index >= 15 is 0 Å². The summed E-state index contributed by atoms with van der Waals surface area (Å²) < 4.78 is 69.5. The van der Waals surface area contributed by atoms with E-state index in [2.05, 4.69) is 0 Å². The number of hydrogen-bond acceptors (Lipinski definition) is 6. The molecular weight excluding hydrogens is 495 g/mol. The number of alkyl halides is 3. The lowest BCUT2D eigenvalue weighted by Crippen LogP contribution is -2.49. The van der Waals surface area contributed by atoms with Gasteiger partial charge in [-0.3, -0.25) is 4.79 Å². The maximum absolute atomic E-state index is 13.6. The summed E-state index contributed by atoms with van der Waals surface area (Å²) in [6.45, 7) is 5.69. The molecule has 7 nitrogen and oxygen atoms in total. The third-order valence-electron chi connectivity index (χ3n) is 6.51. The highest BCUT2D eigenvalue weighted by atomic mass is 32.2. The molecule has 0 aromatic heterocycles. The van der Waals surface area contributed by atoms with Crippen LogP contribution in [0, 0.1) is 0 Å². The smallest absolute Gasteiger partial charge is 0.378 e. The molecule has 0 radical (unpaired) electrons. The van der Waals surface area contributed by atoms with E-state index in [4.69, 9.17) is 4.74 Å². The minimum absolute atomic E-state index is 0.00331. The summed E-state index contributed by atoms with van der Waals surface area (Å²) in [6, 6.07) is 9.76. The highest BCUT2D eigenvalue weighted by Gasteiger charge is 2.31. The number of morpholine rings is 1. The van der Waals surface area contributed by atoms with Gasteiger partial charge >= 0.3 is 6.18 Å². The van der Waals surface area contributed by atoms with Gasteiger partial charge in [-0.25, -0.2) is 8.42 Å². The zero-order valence-electron chi connectivity index (χ0n) is 20.1. The van der Waals surface area contributed by atoms with E-state index in [-0.39, 0.29) is 16.6 Å². The summed E-state index contributed by atoms with van der Waals surface area (Å²) in [6.07, 6.45) is -3.91. The van der Waals surface area contributed by atoms with Crippen molar-refractivity contribution in [3.05, 3.63) is 53.6 Å². The van der Waals surface area contributed by atoms with E-state index in [0.717, 1.165) is 12.1 Å². The van der Waals surface area contributed by atoms with E-state index in [0.29, 0.717) is 75.8 Å². The van der Waals surface area contributed by atoms with Crippen LogP contribution >= 0.6 is 0 Å². The number of sulfone groups is 1. The Morgan fingerprint density at radius 1 is 0.917 bits per heavy atom. The Labute approximate surface area is 209 Å². The van der Waals surface area contributed by atoms with Crippen LogP contribution in [0.3, 0.4) is 0 Å². The number of ether oxygens (including phenoxy) is 1. The number of anilines is 2. The first-order chi connectivity index (χ1) is 17.1. The Balaban J connectivity index is 1.53. The standard InChI is InChI=1S/C25H30F3N3O4S/c1-2-17-36(33,34)21-7-8-23(30-13-15-35-16-14-30)22(18-21)24(32)31-11-9-29(10-12-31)20-5-3-19(4-6-20)25(26,27)28/h3-8,18H,2,9-17H2,1H3. The third kappa shape index (κ3) is 5.78. The van der Waals surface area contributed by atoms with E-state index in [1.165, 1.54) is 18.2 Å². The molecule has 0 aliphatic carbocycles. The van der Waals surface area contributed by atoms with Gasteiger partial charge in [0, 0.05) is 50.6 Å². The van der Waals surface area contributed by atoms with Gasteiger partial charge in [-0.05, 0) is 48.9 Å². The summed E-state index contributed by atoms with van der Waals surface area (Å²) >= 11 is 0. The van der Waals surface area contributed by atoms with Crippen LogP contribution in [0.15, 0.2) is 47.4 Å². The van der Waals surface area contributed by atoms with Gasteiger partial charge in [-0.2, -0.15) is 13.2 Å². The van der Waals surface area contributed by atoms with Crippen molar-refractivity contribution in [1.29, 1.82) is 0 Å². The molecule has 2 aliphatic heterocycles. The lowest BCUT2D eigenvalue weighted by Gasteiger charge is -2.37. The molecule has 0 atom stereocenters. The lowest BCUT2D eigenvalue weighted by atomic mass is 10.1. The highest BCUT2D eigenvalue weighted by molar-refractivity contribution is 7.91. The SMILES string of the molecule is CCCS(=O)(=O)c1ccc(N2CCOCC2)c(C(=O)N2CCN(c3ccc(C(F)(F)F)cc3)CC2)c1. The molecule has 2 aromatic rings. The van der Waals surface area contributed by atoms with E-state index in [1.54, 1.807) is 24.0 Å². The second kappa shape index (κ2) is 10.7. The normalized spacial score (nSPS) is 17.4. The van der Waals surface area contributed by atoms with Crippen molar-refractivity contribution in [1.82, 2.24) is 4.90 Å². The molecule has 0 N–H and O–H groups in total. The quantitative estimate of drug-likeness (QED) is 0.573. The molecule has 196 valence electrons. The minimum atomic E-state index is -4.39. The van der Waals surface area contributed by atoms with Gasteiger partial charge in [0.05, 0.1) is 35.0 Å². The Morgan fingerprint density at radius 3 is 2.14 bits per heavy atom. The Morgan fingerprint density at radius 2 is 1.56 bits per heavy atom. The predicted molar refractivity (Wildman–Crippen MR) is 131 cm³/mol. The Kier molecular flexibility index (Phi) is 7.79. The van der Waals surface area contributed by atoms with Crippen LogP contribution < -0.4 is 9.80 Å². The van der Waals surface area contributed by atoms with Crippen LogP contribution in [0.25, 0.3) is 0 Å². The highest BCUT2D eigenvalue weighted by Crippen LogP contribution is 2.31. The van der Waals surface area contributed by atoms with Crippen molar-refractivity contribution in [3.63, 3.8) is 0 Å². The molecule has 0 bridgehead atoms. The molecule has 0 unspecified atom stereocenters. The first-order valence-electron chi connectivity index (χ1n) is 12.0. The molecule has 1 amide bonds. The van der Waals surface area contributed by atoms with Crippen LogP contribution in [-0.2, 0) is 20.8 Å². The van der Waals surface area contributed by atoms with Crippen molar-refractivity contribution in [2.24, 2.45) is 0 Å². The molecule has 2 saturated heterocycles. The number of benzene rings is 2. The van der Waals surface area contributed by atoms with E-state index in [9.17, 15) is 26.4 Å². The molecule has 0 saturated carbocycles. The van der Waals surface area contributed by atoms with Gasteiger partial charge in [0.15, 0.2) is 9.84 Å². The molecular formula is C25H30F3N3O4S. The molecule has 2 fully saturated rings. The fraction of sp³-hybridized carbons (Fsp3) is 0.480. The average Bonchev–Trinajstić information content (AvgIpc) is 2.88. The van der Waals surface area contributed by atoms with Crippen molar-refractivity contribution < 1.29 is 31.1 Å². The molecule has 36 heavy (non-hydrogen) atoms. The van der Waals surface area contributed by atoms with Gasteiger partial charge in [0.1, 0.15) is 0 Å². The Hall–Kier alpha value is -2.79. The van der Waals surface area contributed by atoms with Gasteiger partial charge in [-0.1, -0.05) is 6.92 Å². The molecule has 0 spiro atoms. The second-order valence-electron chi connectivity index (χ2n) is 8.92. The number of rotatable bonds is 6. The maximum atomic E-state index is 13.6. The third-order valence-corrected chi connectivity index (χ3v) is 8.43. The van der Waals surface area contributed by atoms with Crippen LogP contribution in [0.2, 0.25) is 0 Å². The van der Waals surface area contributed by atoms with Crippen LogP contribution in [0.5, 0.6) is 0 Å². The summed E-state index contributed by atoms with van der Waals surface area (Å²) in [7, 11) is -3.51. The number of hydrogen-bond donors (Lipinski definition) is 0. The summed E-state index contributed by atoms with van der Waals surface area (Å²) in [4.78, 5) is 19.4. The van der Waals surface area contributed by atoms with Crippen molar-refractivity contribution >= 4 is 27.1 Å².